The van der Waals surface area contributed by atoms with Gasteiger partial charge in [-0.2, -0.15) is 4.98 Å². The Morgan fingerprint density at radius 2 is 2.38 bits per heavy atom. The number of nitrogens with zero attached hydrogens (tertiary/aromatic N) is 2. The molecule has 2 heterocycles. The molecule has 13 heavy (non-hydrogen) atoms. The minimum atomic E-state index is -0.409. The van der Waals surface area contributed by atoms with Crippen molar-refractivity contribution in [3.63, 3.8) is 0 Å². The van der Waals surface area contributed by atoms with Gasteiger partial charge in [0.2, 0.25) is 5.88 Å². The Morgan fingerprint density at radius 3 is 3.23 bits per heavy atom. The normalized spacial score (nSPS) is 15.7. The summed E-state index contributed by atoms with van der Waals surface area (Å²) >= 11 is 0. The first-order chi connectivity index (χ1) is 6.29. The fraction of sp³-hybridized carbons (Fsp3) is 0.500. The van der Waals surface area contributed by atoms with Gasteiger partial charge in [-0.25, -0.2) is 0 Å². The molecule has 0 atom stereocenters. The average Bonchev–Trinajstić information content (AvgIpc) is 2.36. The monoisotopic (exact) mass is 181 g/mol. The van der Waals surface area contributed by atoms with E-state index in [4.69, 9.17) is 10.5 Å². The largest absolute Gasteiger partial charge is 0.477 e. The number of hydrogen-bond acceptors (Lipinski definition) is 4. The van der Waals surface area contributed by atoms with Crippen molar-refractivity contribution in [3.8, 4) is 5.88 Å². The lowest BCUT2D eigenvalue weighted by atomic mass is 10.3. The van der Waals surface area contributed by atoms with Gasteiger partial charge in [0.25, 0.3) is 5.56 Å². The number of rotatable bonds is 0. The van der Waals surface area contributed by atoms with Crippen molar-refractivity contribution < 1.29 is 4.74 Å². The summed E-state index contributed by atoms with van der Waals surface area (Å²) in [5, 5.41) is 0. The fourth-order valence-corrected chi connectivity index (χ4v) is 1.36. The summed E-state index contributed by atoms with van der Waals surface area (Å²) < 4.78 is 7.14. The average molecular weight is 181 g/mol. The molecule has 0 aliphatic carbocycles. The predicted octanol–water partition coefficient (Wildman–Crippen LogP) is -0.00190. The Kier molecular flexibility index (Phi) is 1.92. The maximum atomic E-state index is 11.1. The lowest BCUT2D eigenvalue weighted by Gasteiger charge is -2.09. The number of ether oxygens (including phenoxy) is 1. The van der Waals surface area contributed by atoms with Crippen LogP contribution in [-0.2, 0) is 6.54 Å². The van der Waals surface area contributed by atoms with Crippen LogP contribution in [0.25, 0.3) is 0 Å². The van der Waals surface area contributed by atoms with E-state index in [1.807, 2.05) is 0 Å². The van der Waals surface area contributed by atoms with Crippen molar-refractivity contribution in [2.45, 2.75) is 19.4 Å². The third kappa shape index (κ3) is 1.37. The molecule has 0 spiro atoms. The molecule has 1 aromatic rings. The standard InChI is InChI=1S/C8H11N3O2/c9-6-7(12)10-5-11-3-1-2-4-13-8(6)11/h5H,1-4,9H2. The Balaban J connectivity index is 2.54. The van der Waals surface area contributed by atoms with Crippen molar-refractivity contribution in [1.29, 1.82) is 0 Å². The Morgan fingerprint density at radius 1 is 1.54 bits per heavy atom. The van der Waals surface area contributed by atoms with Crippen molar-refractivity contribution in [2.24, 2.45) is 0 Å². The quantitative estimate of drug-likeness (QED) is 0.611. The lowest BCUT2D eigenvalue weighted by molar-refractivity contribution is 0.305. The van der Waals surface area contributed by atoms with Gasteiger partial charge < -0.3 is 15.0 Å². The topological polar surface area (TPSA) is 70.1 Å². The van der Waals surface area contributed by atoms with E-state index in [0.29, 0.717) is 12.5 Å². The predicted molar refractivity (Wildman–Crippen MR) is 47.6 cm³/mol. The zero-order chi connectivity index (χ0) is 9.26. The first-order valence-electron chi connectivity index (χ1n) is 4.27. The molecule has 0 fully saturated rings. The van der Waals surface area contributed by atoms with Gasteiger partial charge in [0, 0.05) is 6.54 Å². The van der Waals surface area contributed by atoms with Crippen LogP contribution in [0.1, 0.15) is 12.8 Å². The van der Waals surface area contributed by atoms with Gasteiger partial charge in [0.1, 0.15) is 6.33 Å². The van der Waals surface area contributed by atoms with Crippen molar-refractivity contribution in [2.75, 3.05) is 12.3 Å². The molecule has 5 heteroatoms. The molecular formula is C8H11N3O2. The zero-order valence-electron chi connectivity index (χ0n) is 7.19. The fourth-order valence-electron chi connectivity index (χ4n) is 1.36. The van der Waals surface area contributed by atoms with Crippen LogP contribution in [0.4, 0.5) is 5.69 Å². The number of aryl methyl sites for hydroxylation is 1. The summed E-state index contributed by atoms with van der Waals surface area (Å²) in [6.07, 6.45) is 3.49. The van der Waals surface area contributed by atoms with Crippen LogP contribution in [0.3, 0.4) is 0 Å². The minimum Gasteiger partial charge on any atom is -0.477 e. The molecule has 2 rings (SSSR count). The van der Waals surface area contributed by atoms with Gasteiger partial charge in [-0.3, -0.25) is 4.79 Å². The van der Waals surface area contributed by atoms with Crippen LogP contribution in [-0.4, -0.2) is 16.2 Å². The second kappa shape index (κ2) is 3.08. The third-order valence-corrected chi connectivity index (χ3v) is 2.07. The van der Waals surface area contributed by atoms with Crippen LogP contribution in [0.15, 0.2) is 11.1 Å². The molecule has 0 saturated carbocycles. The summed E-state index contributed by atoms with van der Waals surface area (Å²) in [5.41, 5.74) is 5.26. The molecule has 70 valence electrons. The number of nitrogens with two attached hydrogens (primary N) is 1. The summed E-state index contributed by atoms with van der Waals surface area (Å²) in [4.78, 5) is 14.7. The van der Waals surface area contributed by atoms with E-state index in [0.717, 1.165) is 19.4 Å². The summed E-state index contributed by atoms with van der Waals surface area (Å²) in [5.74, 6) is 0.470. The van der Waals surface area contributed by atoms with E-state index >= 15 is 0 Å². The summed E-state index contributed by atoms with van der Waals surface area (Å²) in [6, 6.07) is 0. The van der Waals surface area contributed by atoms with Gasteiger partial charge in [-0.05, 0) is 12.8 Å². The summed E-state index contributed by atoms with van der Waals surface area (Å²) in [7, 11) is 0. The maximum Gasteiger partial charge on any atom is 0.299 e. The molecule has 0 saturated heterocycles. The number of hydrogen-bond donors (Lipinski definition) is 1. The molecule has 0 unspecified atom stereocenters. The summed E-state index contributed by atoms with van der Waals surface area (Å²) in [6.45, 7) is 1.43. The van der Waals surface area contributed by atoms with Crippen molar-refractivity contribution >= 4 is 5.69 Å². The van der Waals surface area contributed by atoms with E-state index in [1.54, 1.807) is 4.57 Å². The molecular weight excluding hydrogens is 170 g/mol. The first kappa shape index (κ1) is 8.10. The highest BCUT2D eigenvalue weighted by Crippen LogP contribution is 2.19. The smallest absolute Gasteiger partial charge is 0.299 e. The van der Waals surface area contributed by atoms with Gasteiger partial charge >= 0.3 is 0 Å². The first-order valence-corrected chi connectivity index (χ1v) is 4.27. The van der Waals surface area contributed by atoms with Crippen LogP contribution >= 0.6 is 0 Å². The van der Waals surface area contributed by atoms with Crippen LogP contribution in [0.5, 0.6) is 5.88 Å². The molecule has 1 aliphatic heterocycles. The number of aromatic nitrogens is 2. The minimum absolute atomic E-state index is 0.115. The molecule has 5 nitrogen and oxygen atoms in total. The SMILES string of the molecule is Nc1c2n(cnc1=O)CCCCO2. The van der Waals surface area contributed by atoms with E-state index < -0.39 is 5.56 Å². The number of nitrogen functional groups attached to an aromatic ring is 1. The second-order valence-electron chi connectivity index (χ2n) is 3.02. The van der Waals surface area contributed by atoms with Gasteiger partial charge in [-0.15, -0.1) is 0 Å². The van der Waals surface area contributed by atoms with Gasteiger partial charge in [0.15, 0.2) is 5.69 Å². The Hall–Kier alpha value is -1.52. The molecule has 2 N–H and O–H groups in total. The molecule has 0 aromatic carbocycles. The zero-order valence-corrected chi connectivity index (χ0v) is 7.19. The third-order valence-electron chi connectivity index (χ3n) is 2.07. The highest BCUT2D eigenvalue weighted by molar-refractivity contribution is 5.45. The molecule has 0 bridgehead atoms. The van der Waals surface area contributed by atoms with E-state index in [2.05, 4.69) is 4.98 Å². The molecule has 0 radical (unpaired) electrons. The van der Waals surface area contributed by atoms with E-state index in [9.17, 15) is 4.79 Å². The van der Waals surface area contributed by atoms with Crippen LogP contribution in [0, 0.1) is 0 Å². The maximum absolute atomic E-state index is 11.1. The van der Waals surface area contributed by atoms with Crippen LogP contribution in [0.2, 0.25) is 0 Å². The van der Waals surface area contributed by atoms with E-state index in [-0.39, 0.29) is 5.69 Å². The second-order valence-corrected chi connectivity index (χ2v) is 3.02. The van der Waals surface area contributed by atoms with Crippen molar-refractivity contribution in [1.82, 2.24) is 9.55 Å². The lowest BCUT2D eigenvalue weighted by Crippen LogP contribution is -2.18. The highest BCUT2D eigenvalue weighted by Gasteiger charge is 2.12. The van der Waals surface area contributed by atoms with E-state index in [1.165, 1.54) is 6.33 Å². The number of fused-ring (bicyclic) bond motifs is 1. The number of anilines is 1. The van der Waals surface area contributed by atoms with Crippen LogP contribution < -0.4 is 16.0 Å². The molecule has 1 aromatic heterocycles. The Labute approximate surface area is 75.1 Å². The molecule has 1 aliphatic rings. The Bertz CT molecular complexity index is 372. The van der Waals surface area contributed by atoms with Gasteiger partial charge in [0.05, 0.1) is 6.61 Å². The van der Waals surface area contributed by atoms with Crippen molar-refractivity contribution in [3.05, 3.63) is 16.7 Å². The van der Waals surface area contributed by atoms with Gasteiger partial charge in [-0.1, -0.05) is 0 Å². The molecule has 0 amide bonds. The highest BCUT2D eigenvalue weighted by atomic mass is 16.5.